The minimum absolute atomic E-state index is 0.00591. The maximum atomic E-state index is 11.4. The highest BCUT2D eigenvalue weighted by molar-refractivity contribution is 7.82. The van der Waals surface area contributed by atoms with Crippen molar-refractivity contribution in [2.75, 3.05) is 0 Å². The molecular weight excluding hydrogens is 234 g/mol. The lowest BCUT2D eigenvalue weighted by Crippen LogP contribution is -2.53. The third-order valence-corrected chi connectivity index (χ3v) is 3.06. The molecule has 1 unspecified atom stereocenters. The van der Waals surface area contributed by atoms with Crippen LogP contribution >= 0.6 is 12.6 Å². The SMILES string of the molecule is CC(=O)C(S)(CC(=O)O)N1C(=O)CCC1=O. The van der Waals surface area contributed by atoms with Crippen molar-refractivity contribution in [3.8, 4) is 0 Å². The molecule has 1 saturated heterocycles. The van der Waals surface area contributed by atoms with Crippen LogP contribution in [0.25, 0.3) is 0 Å². The van der Waals surface area contributed by atoms with Crippen LogP contribution in [0.2, 0.25) is 0 Å². The van der Waals surface area contributed by atoms with Crippen molar-refractivity contribution in [2.24, 2.45) is 0 Å². The van der Waals surface area contributed by atoms with E-state index < -0.39 is 34.9 Å². The zero-order chi connectivity index (χ0) is 12.5. The molecule has 0 radical (unpaired) electrons. The summed E-state index contributed by atoms with van der Waals surface area (Å²) in [5, 5.41) is 8.68. The molecule has 0 spiro atoms. The molecule has 1 heterocycles. The average Bonchev–Trinajstić information content (AvgIpc) is 2.44. The number of imide groups is 1. The Labute approximate surface area is 97.0 Å². The minimum atomic E-state index is -1.86. The summed E-state index contributed by atoms with van der Waals surface area (Å²) in [5.74, 6) is -3.05. The quantitative estimate of drug-likeness (QED) is 0.529. The Kier molecular flexibility index (Phi) is 3.37. The number of carbonyl (C=O) groups is 4. The summed E-state index contributed by atoms with van der Waals surface area (Å²) in [7, 11) is 0. The highest BCUT2D eigenvalue weighted by Crippen LogP contribution is 2.31. The summed E-state index contributed by atoms with van der Waals surface area (Å²) in [6.07, 6.45) is -0.703. The van der Waals surface area contributed by atoms with Crippen molar-refractivity contribution in [1.82, 2.24) is 4.90 Å². The molecule has 1 aliphatic heterocycles. The first-order valence-electron chi connectivity index (χ1n) is 4.60. The Hall–Kier alpha value is -1.37. The minimum Gasteiger partial charge on any atom is -0.481 e. The van der Waals surface area contributed by atoms with E-state index in [-0.39, 0.29) is 12.8 Å². The lowest BCUT2D eigenvalue weighted by Gasteiger charge is -2.32. The van der Waals surface area contributed by atoms with E-state index in [0.717, 1.165) is 6.92 Å². The molecule has 0 saturated carbocycles. The Morgan fingerprint density at radius 3 is 2.12 bits per heavy atom. The Morgan fingerprint density at radius 1 is 1.38 bits per heavy atom. The van der Waals surface area contributed by atoms with Crippen molar-refractivity contribution in [1.29, 1.82) is 0 Å². The zero-order valence-corrected chi connectivity index (χ0v) is 9.49. The van der Waals surface area contributed by atoms with E-state index >= 15 is 0 Å². The molecule has 1 rings (SSSR count). The second kappa shape index (κ2) is 4.25. The topological polar surface area (TPSA) is 91.8 Å². The van der Waals surface area contributed by atoms with Gasteiger partial charge in [0, 0.05) is 12.8 Å². The third-order valence-electron chi connectivity index (χ3n) is 2.38. The monoisotopic (exact) mass is 245 g/mol. The van der Waals surface area contributed by atoms with Crippen molar-refractivity contribution in [3.63, 3.8) is 0 Å². The number of carbonyl (C=O) groups excluding carboxylic acids is 3. The molecule has 1 fully saturated rings. The van der Waals surface area contributed by atoms with Crippen LogP contribution in [0.4, 0.5) is 0 Å². The molecule has 6 nitrogen and oxygen atoms in total. The zero-order valence-electron chi connectivity index (χ0n) is 8.60. The number of amides is 2. The molecule has 0 aromatic carbocycles. The molecule has 2 amide bonds. The predicted molar refractivity (Wildman–Crippen MR) is 55.7 cm³/mol. The summed E-state index contributed by atoms with van der Waals surface area (Å²) >= 11 is 3.92. The van der Waals surface area contributed by atoms with Crippen LogP contribution in [-0.2, 0) is 19.2 Å². The maximum absolute atomic E-state index is 11.4. The maximum Gasteiger partial charge on any atom is 0.307 e. The van der Waals surface area contributed by atoms with Gasteiger partial charge < -0.3 is 5.11 Å². The Morgan fingerprint density at radius 2 is 1.81 bits per heavy atom. The van der Waals surface area contributed by atoms with Gasteiger partial charge in [-0.05, 0) is 6.92 Å². The number of aliphatic carboxylic acids is 1. The number of carboxylic acids is 1. The fourth-order valence-electron chi connectivity index (χ4n) is 1.56. The second-order valence-corrected chi connectivity index (χ2v) is 4.31. The van der Waals surface area contributed by atoms with Gasteiger partial charge in [0.15, 0.2) is 10.7 Å². The van der Waals surface area contributed by atoms with Crippen LogP contribution in [0.1, 0.15) is 26.2 Å². The van der Waals surface area contributed by atoms with Gasteiger partial charge in [-0.25, -0.2) is 0 Å². The van der Waals surface area contributed by atoms with Gasteiger partial charge in [-0.15, -0.1) is 12.6 Å². The number of hydrogen-bond donors (Lipinski definition) is 2. The summed E-state index contributed by atoms with van der Waals surface area (Å²) < 4.78 is 0. The second-order valence-electron chi connectivity index (χ2n) is 3.57. The molecule has 0 bridgehead atoms. The largest absolute Gasteiger partial charge is 0.481 e. The lowest BCUT2D eigenvalue weighted by atomic mass is 10.1. The molecule has 1 N–H and O–H groups in total. The highest BCUT2D eigenvalue weighted by atomic mass is 32.1. The van der Waals surface area contributed by atoms with Gasteiger partial charge in [0.05, 0.1) is 6.42 Å². The van der Waals surface area contributed by atoms with Crippen LogP contribution in [-0.4, -0.2) is 38.4 Å². The van der Waals surface area contributed by atoms with E-state index in [2.05, 4.69) is 12.6 Å². The molecule has 7 heteroatoms. The summed E-state index contributed by atoms with van der Waals surface area (Å²) in [6.45, 7) is 1.11. The average molecular weight is 245 g/mol. The van der Waals surface area contributed by atoms with E-state index in [4.69, 9.17) is 5.11 Å². The highest BCUT2D eigenvalue weighted by Gasteiger charge is 2.48. The number of nitrogens with zero attached hydrogens (tertiary/aromatic N) is 1. The normalized spacial score (nSPS) is 19.8. The lowest BCUT2D eigenvalue weighted by molar-refractivity contribution is -0.150. The standard InChI is InChI=1S/C9H11NO5S/c1-5(11)9(16,4-8(14)15)10-6(12)2-3-7(10)13/h16H,2-4H2,1H3,(H,14,15). The number of likely N-dealkylation sites (tertiary alicyclic amines) is 1. The van der Waals surface area contributed by atoms with Crippen LogP contribution in [0.15, 0.2) is 0 Å². The number of thiol groups is 1. The van der Waals surface area contributed by atoms with E-state index in [1.54, 1.807) is 0 Å². The molecular formula is C9H11NO5S. The number of Topliss-reactive ketones (excluding diaryl/α,β-unsaturated/α-hetero) is 1. The summed E-state index contributed by atoms with van der Waals surface area (Å²) in [5.41, 5.74) is 0. The number of hydrogen-bond acceptors (Lipinski definition) is 5. The van der Waals surface area contributed by atoms with Gasteiger partial charge in [0.1, 0.15) is 0 Å². The number of rotatable bonds is 4. The Bertz CT molecular complexity index is 364. The summed E-state index contributed by atoms with van der Waals surface area (Å²) in [6, 6.07) is 0. The van der Waals surface area contributed by atoms with Crippen molar-refractivity contribution in [3.05, 3.63) is 0 Å². The van der Waals surface area contributed by atoms with E-state index in [0.29, 0.717) is 4.90 Å². The van der Waals surface area contributed by atoms with Crippen LogP contribution in [0.5, 0.6) is 0 Å². The van der Waals surface area contributed by atoms with E-state index in [1.807, 2.05) is 0 Å². The van der Waals surface area contributed by atoms with Crippen molar-refractivity contribution >= 4 is 36.2 Å². The van der Waals surface area contributed by atoms with Gasteiger partial charge >= 0.3 is 5.97 Å². The Balaban J connectivity index is 3.10. The van der Waals surface area contributed by atoms with Gasteiger partial charge in [-0.2, -0.15) is 0 Å². The molecule has 16 heavy (non-hydrogen) atoms. The van der Waals surface area contributed by atoms with Crippen molar-refractivity contribution in [2.45, 2.75) is 31.1 Å². The first-order valence-corrected chi connectivity index (χ1v) is 5.05. The van der Waals surface area contributed by atoms with Gasteiger partial charge in [-0.1, -0.05) is 0 Å². The van der Waals surface area contributed by atoms with Gasteiger partial charge in [0.2, 0.25) is 11.8 Å². The summed E-state index contributed by atoms with van der Waals surface area (Å²) in [4.78, 5) is 43.7. The molecule has 0 aromatic heterocycles. The molecule has 88 valence electrons. The molecule has 1 atom stereocenters. The van der Waals surface area contributed by atoms with Gasteiger partial charge in [-0.3, -0.25) is 24.1 Å². The first-order chi connectivity index (χ1) is 7.29. The van der Waals surface area contributed by atoms with E-state index in [9.17, 15) is 19.2 Å². The predicted octanol–water partition coefficient (Wildman–Crippen LogP) is -0.175. The van der Waals surface area contributed by atoms with Crippen LogP contribution < -0.4 is 0 Å². The first kappa shape index (κ1) is 12.7. The smallest absolute Gasteiger partial charge is 0.307 e. The van der Waals surface area contributed by atoms with Crippen molar-refractivity contribution < 1.29 is 24.3 Å². The molecule has 0 aromatic rings. The fraction of sp³-hybridized carbons (Fsp3) is 0.556. The molecule has 1 aliphatic rings. The van der Waals surface area contributed by atoms with Crippen LogP contribution in [0, 0.1) is 0 Å². The van der Waals surface area contributed by atoms with Crippen LogP contribution in [0.3, 0.4) is 0 Å². The number of carboxylic acid groups (broad SMARTS) is 1. The number of ketones is 1. The third kappa shape index (κ3) is 2.08. The van der Waals surface area contributed by atoms with Gasteiger partial charge in [0.25, 0.3) is 0 Å². The van der Waals surface area contributed by atoms with E-state index in [1.165, 1.54) is 0 Å². The molecule has 0 aliphatic carbocycles. The fourth-order valence-corrected chi connectivity index (χ4v) is 1.92.